The van der Waals surface area contributed by atoms with Crippen molar-refractivity contribution in [2.45, 2.75) is 34.6 Å². The van der Waals surface area contributed by atoms with Crippen molar-refractivity contribution in [3.63, 3.8) is 0 Å². The molecule has 0 N–H and O–H groups in total. The fourth-order valence-electron chi connectivity index (χ4n) is 1.34. The Bertz CT molecular complexity index is 350. The molecule has 1 heterocycles. The van der Waals surface area contributed by atoms with Crippen molar-refractivity contribution in [3.05, 3.63) is 27.7 Å². The fourth-order valence-corrected chi connectivity index (χ4v) is 2.15. The van der Waals surface area contributed by atoms with Gasteiger partial charge in [0, 0.05) is 5.41 Å². The summed E-state index contributed by atoms with van der Waals surface area (Å²) < 4.78 is 0. The normalized spacial score (nSPS) is 16.3. The number of allylic oxidation sites excluding steroid dienone is 2. The van der Waals surface area contributed by atoms with Crippen LogP contribution in [0.4, 0.5) is 0 Å². The Labute approximate surface area is 96.6 Å². The predicted octanol–water partition coefficient (Wildman–Crippen LogP) is 4.54. The molecule has 0 aromatic carbocycles. The summed E-state index contributed by atoms with van der Waals surface area (Å²) in [7, 11) is 0. The number of hydrogen-bond donors (Lipinski definition) is 0. The van der Waals surface area contributed by atoms with Gasteiger partial charge < -0.3 is 0 Å². The molecule has 0 amide bonds. The number of hydrogen-bond acceptors (Lipinski definition) is 2. The van der Waals surface area contributed by atoms with Gasteiger partial charge in [0.05, 0.1) is 15.6 Å². The Hall–Kier alpha value is -0.890. The highest BCUT2D eigenvalue weighted by Crippen LogP contribution is 2.30. The summed E-state index contributed by atoms with van der Waals surface area (Å²) in [5, 5.41) is 1.14. The first-order valence-electron chi connectivity index (χ1n) is 5.43. The van der Waals surface area contributed by atoms with Gasteiger partial charge in [-0.05, 0) is 19.1 Å². The van der Waals surface area contributed by atoms with E-state index in [1.165, 1.54) is 4.88 Å². The summed E-state index contributed by atoms with van der Waals surface area (Å²) in [5.41, 5.74) is 1.28. The number of nitrogens with zero attached hydrogens (tertiary/aromatic N) is 1. The van der Waals surface area contributed by atoms with Crippen molar-refractivity contribution in [2.75, 3.05) is 0 Å². The largest absolute Gasteiger partial charge is 0.242 e. The van der Waals surface area contributed by atoms with E-state index < -0.39 is 0 Å². The molecule has 82 valence electrons. The third-order valence-corrected chi connectivity index (χ3v) is 3.07. The van der Waals surface area contributed by atoms with E-state index in [0.717, 1.165) is 10.7 Å². The summed E-state index contributed by atoms with van der Waals surface area (Å²) >= 11 is 1.76. The maximum absolute atomic E-state index is 4.46. The van der Waals surface area contributed by atoms with Gasteiger partial charge in [-0.15, -0.1) is 11.3 Å². The zero-order valence-electron chi connectivity index (χ0n) is 10.2. The minimum Gasteiger partial charge on any atom is -0.242 e. The van der Waals surface area contributed by atoms with Crippen molar-refractivity contribution in [3.8, 4) is 0 Å². The van der Waals surface area contributed by atoms with E-state index in [0.29, 0.717) is 0 Å². The van der Waals surface area contributed by atoms with Crippen LogP contribution in [0.1, 0.15) is 43.3 Å². The van der Waals surface area contributed by atoms with E-state index >= 15 is 0 Å². The van der Waals surface area contributed by atoms with Crippen molar-refractivity contribution < 1.29 is 0 Å². The van der Waals surface area contributed by atoms with Crippen LogP contribution in [0.25, 0.3) is 12.2 Å². The molecular formula is C13H19NS. The van der Waals surface area contributed by atoms with E-state index in [9.17, 15) is 0 Å². The number of aryl methyl sites for hydroxylation is 1. The summed E-state index contributed by atoms with van der Waals surface area (Å²) in [4.78, 5) is 5.73. The average molecular weight is 221 g/mol. The Kier molecular flexibility index (Phi) is 3.86. The van der Waals surface area contributed by atoms with Crippen LogP contribution in [-0.4, -0.2) is 4.98 Å². The van der Waals surface area contributed by atoms with Gasteiger partial charge >= 0.3 is 0 Å². The molecule has 1 aromatic rings. The molecule has 15 heavy (non-hydrogen) atoms. The third-order valence-electron chi connectivity index (χ3n) is 2.12. The lowest BCUT2D eigenvalue weighted by Crippen LogP contribution is -2.00. The molecule has 0 saturated heterocycles. The molecule has 0 saturated carbocycles. The zero-order valence-corrected chi connectivity index (χ0v) is 11.0. The van der Waals surface area contributed by atoms with Crippen LogP contribution in [0, 0.1) is 12.3 Å². The molecule has 1 nitrogen and oxygen atoms in total. The lowest BCUT2D eigenvalue weighted by molar-refractivity contribution is 0.633. The van der Waals surface area contributed by atoms with Crippen LogP contribution in [0.5, 0.6) is 0 Å². The highest BCUT2D eigenvalue weighted by molar-refractivity contribution is 7.12. The zero-order chi connectivity index (χ0) is 11.5. The minimum atomic E-state index is 0.161. The monoisotopic (exact) mass is 221 g/mol. The predicted molar refractivity (Wildman–Crippen MR) is 70.0 cm³/mol. The maximum atomic E-state index is 4.46. The van der Waals surface area contributed by atoms with Gasteiger partial charge in [-0.25, -0.2) is 4.98 Å². The van der Waals surface area contributed by atoms with Gasteiger partial charge in [-0.1, -0.05) is 39.8 Å². The van der Waals surface area contributed by atoms with Crippen LogP contribution >= 0.6 is 11.3 Å². The molecule has 0 bridgehead atoms. The topological polar surface area (TPSA) is 12.9 Å². The number of fused-ring (bicyclic) bond motifs is 1. The highest BCUT2D eigenvalue weighted by atomic mass is 32.1. The Morgan fingerprint density at radius 1 is 1.13 bits per heavy atom. The summed E-state index contributed by atoms with van der Waals surface area (Å²) in [6.45, 7) is 10.4. The molecule has 0 spiro atoms. The Balaban J connectivity index is 0.000000531. The Morgan fingerprint density at radius 2 is 1.73 bits per heavy atom. The molecule has 0 fully saturated rings. The molecule has 0 unspecified atom stereocenters. The van der Waals surface area contributed by atoms with E-state index in [4.69, 9.17) is 0 Å². The maximum Gasteiger partial charge on any atom is 0.0907 e. The molecule has 1 aliphatic rings. The molecule has 0 atom stereocenters. The van der Waals surface area contributed by atoms with E-state index in [1.807, 2.05) is 20.8 Å². The Morgan fingerprint density at radius 3 is 2.40 bits per heavy atom. The molecular weight excluding hydrogens is 202 g/mol. The van der Waals surface area contributed by atoms with Crippen LogP contribution < -0.4 is 0 Å². The van der Waals surface area contributed by atoms with Crippen LogP contribution in [0.15, 0.2) is 12.2 Å². The SMILES string of the molecule is CC.Cc1nc2c(s1)C=CC(C)(C)C=C2. The smallest absolute Gasteiger partial charge is 0.0907 e. The highest BCUT2D eigenvalue weighted by Gasteiger charge is 2.14. The fraction of sp³-hybridized carbons (Fsp3) is 0.462. The van der Waals surface area contributed by atoms with Gasteiger partial charge in [0.25, 0.3) is 0 Å². The van der Waals surface area contributed by atoms with Gasteiger partial charge in [-0.2, -0.15) is 0 Å². The molecule has 2 heteroatoms. The van der Waals surface area contributed by atoms with Crippen molar-refractivity contribution >= 4 is 23.5 Å². The number of thiazole rings is 1. The second-order valence-electron chi connectivity index (χ2n) is 3.97. The van der Waals surface area contributed by atoms with Gasteiger partial charge in [0.2, 0.25) is 0 Å². The van der Waals surface area contributed by atoms with E-state index in [1.54, 1.807) is 11.3 Å². The molecule has 0 radical (unpaired) electrons. The first-order valence-corrected chi connectivity index (χ1v) is 6.24. The van der Waals surface area contributed by atoms with Crippen molar-refractivity contribution in [1.82, 2.24) is 4.98 Å². The lowest BCUT2D eigenvalue weighted by Gasteiger charge is -2.11. The second kappa shape index (κ2) is 4.75. The van der Waals surface area contributed by atoms with Crippen LogP contribution in [-0.2, 0) is 0 Å². The van der Waals surface area contributed by atoms with Gasteiger partial charge in [0.15, 0.2) is 0 Å². The lowest BCUT2D eigenvalue weighted by atomic mass is 9.93. The quantitative estimate of drug-likeness (QED) is 0.626. The van der Waals surface area contributed by atoms with Gasteiger partial charge in [0.1, 0.15) is 0 Å². The van der Waals surface area contributed by atoms with Crippen molar-refractivity contribution in [2.24, 2.45) is 5.41 Å². The molecule has 1 aromatic heterocycles. The first kappa shape index (κ1) is 12.2. The standard InChI is InChI=1S/C11H13NS.C2H6/c1-8-12-9-4-6-11(2,3)7-5-10(9)13-8;1-2/h4-7H,1-3H3;1-2H3. The minimum absolute atomic E-state index is 0.161. The van der Waals surface area contributed by atoms with Crippen molar-refractivity contribution in [1.29, 1.82) is 0 Å². The molecule has 0 aliphatic heterocycles. The van der Waals surface area contributed by atoms with Crippen LogP contribution in [0.3, 0.4) is 0 Å². The summed E-state index contributed by atoms with van der Waals surface area (Å²) in [5.74, 6) is 0. The first-order chi connectivity index (χ1) is 7.07. The van der Waals surface area contributed by atoms with E-state index in [2.05, 4.69) is 43.1 Å². The number of aromatic nitrogens is 1. The second-order valence-corrected chi connectivity index (χ2v) is 5.21. The van der Waals surface area contributed by atoms with E-state index in [-0.39, 0.29) is 5.41 Å². The molecule has 1 aliphatic carbocycles. The van der Waals surface area contributed by atoms with Crippen LogP contribution in [0.2, 0.25) is 0 Å². The summed E-state index contributed by atoms with van der Waals surface area (Å²) in [6.07, 6.45) is 8.74. The van der Waals surface area contributed by atoms with Gasteiger partial charge in [-0.3, -0.25) is 0 Å². The average Bonchev–Trinajstić information content (AvgIpc) is 2.50. The number of rotatable bonds is 0. The third kappa shape index (κ3) is 3.03. The summed E-state index contributed by atoms with van der Waals surface area (Å²) in [6, 6.07) is 0. The molecule has 2 rings (SSSR count).